The molecule has 0 unspecified atom stereocenters. The number of carbonyl (C=O) groups is 2. The quantitative estimate of drug-likeness (QED) is 0.424. The van der Waals surface area contributed by atoms with Gasteiger partial charge in [0.2, 0.25) is 0 Å². The maximum Gasteiger partial charge on any atom is 0.273 e. The Morgan fingerprint density at radius 3 is 2.31 bits per heavy atom. The summed E-state index contributed by atoms with van der Waals surface area (Å²) in [6.45, 7) is 2.55. The highest BCUT2D eigenvalue weighted by Crippen LogP contribution is 2.42. The molecule has 162 valence electrons. The van der Waals surface area contributed by atoms with Gasteiger partial charge in [0.05, 0.1) is 22.8 Å². The number of hydrogen-bond donors (Lipinski definition) is 0. The standard InChI is InChI=1S/C25H19F2NO3S/c1-2-14-31-18-11-8-16(9-12-18)22-23(32-19-6-4-3-5-7-19)25(30)28(24(22)29)21-15-17(26)10-13-20(21)27/h3-13,15H,2,14H2,1H3. The van der Waals surface area contributed by atoms with E-state index in [1.165, 1.54) is 0 Å². The van der Waals surface area contributed by atoms with Crippen molar-refractivity contribution in [3.63, 3.8) is 0 Å². The van der Waals surface area contributed by atoms with Crippen molar-refractivity contribution in [2.24, 2.45) is 0 Å². The zero-order valence-electron chi connectivity index (χ0n) is 17.2. The van der Waals surface area contributed by atoms with Gasteiger partial charge in [-0.25, -0.2) is 13.7 Å². The SMILES string of the molecule is CCCOc1ccc(C2=C(Sc3ccccc3)C(=O)N(c3cc(F)ccc3F)C2=O)cc1. The summed E-state index contributed by atoms with van der Waals surface area (Å²) in [5.41, 5.74) is 0.212. The van der Waals surface area contributed by atoms with E-state index < -0.39 is 29.1 Å². The van der Waals surface area contributed by atoms with Crippen LogP contribution >= 0.6 is 11.8 Å². The number of nitrogens with zero attached hydrogens (tertiary/aromatic N) is 1. The molecule has 0 saturated heterocycles. The van der Waals surface area contributed by atoms with Gasteiger partial charge in [-0.05, 0) is 48.4 Å². The van der Waals surface area contributed by atoms with E-state index in [1.54, 1.807) is 36.4 Å². The number of halogens is 2. The van der Waals surface area contributed by atoms with E-state index in [-0.39, 0.29) is 10.5 Å². The number of thioether (sulfide) groups is 1. The van der Waals surface area contributed by atoms with Crippen molar-refractivity contribution in [2.45, 2.75) is 18.2 Å². The minimum atomic E-state index is -0.860. The molecule has 2 amide bonds. The summed E-state index contributed by atoms with van der Waals surface area (Å²) >= 11 is 1.11. The first kappa shape index (κ1) is 21.8. The molecule has 4 rings (SSSR count). The molecule has 7 heteroatoms. The smallest absolute Gasteiger partial charge is 0.273 e. The Balaban J connectivity index is 1.78. The Labute approximate surface area is 188 Å². The van der Waals surface area contributed by atoms with E-state index in [0.29, 0.717) is 22.8 Å². The van der Waals surface area contributed by atoms with E-state index in [4.69, 9.17) is 4.74 Å². The van der Waals surface area contributed by atoms with Crippen LogP contribution in [0.1, 0.15) is 18.9 Å². The van der Waals surface area contributed by atoms with Crippen LogP contribution in [0.25, 0.3) is 5.57 Å². The molecule has 3 aromatic rings. The second-order valence-corrected chi connectivity index (χ2v) is 8.12. The van der Waals surface area contributed by atoms with Crippen molar-refractivity contribution in [2.75, 3.05) is 11.5 Å². The Morgan fingerprint density at radius 2 is 1.62 bits per heavy atom. The predicted octanol–water partition coefficient (Wildman–Crippen LogP) is 5.83. The van der Waals surface area contributed by atoms with Gasteiger partial charge < -0.3 is 4.74 Å². The number of amides is 2. The maximum atomic E-state index is 14.5. The largest absolute Gasteiger partial charge is 0.494 e. The second-order valence-electron chi connectivity index (χ2n) is 7.03. The molecule has 0 bridgehead atoms. The van der Waals surface area contributed by atoms with Gasteiger partial charge in [0.25, 0.3) is 11.8 Å². The molecular weight excluding hydrogens is 432 g/mol. The summed E-state index contributed by atoms with van der Waals surface area (Å²) in [5.74, 6) is -2.38. The van der Waals surface area contributed by atoms with Crippen molar-refractivity contribution >= 4 is 34.8 Å². The fourth-order valence-electron chi connectivity index (χ4n) is 3.28. The summed E-state index contributed by atoms with van der Waals surface area (Å²) in [6, 6.07) is 18.6. The first-order chi connectivity index (χ1) is 15.5. The average molecular weight is 451 g/mol. The number of carbonyl (C=O) groups excluding carboxylic acids is 2. The summed E-state index contributed by atoms with van der Waals surface area (Å²) in [4.78, 5) is 28.2. The van der Waals surface area contributed by atoms with Gasteiger partial charge in [0.15, 0.2) is 0 Å². The lowest BCUT2D eigenvalue weighted by Gasteiger charge is -2.16. The van der Waals surface area contributed by atoms with Crippen LogP contribution in [0.5, 0.6) is 5.75 Å². The average Bonchev–Trinajstić information content (AvgIpc) is 3.04. The molecular formula is C25H19F2NO3S. The number of anilines is 1. The first-order valence-corrected chi connectivity index (χ1v) is 10.9. The first-order valence-electron chi connectivity index (χ1n) is 10.0. The highest BCUT2D eigenvalue weighted by molar-refractivity contribution is 8.04. The van der Waals surface area contributed by atoms with Gasteiger partial charge >= 0.3 is 0 Å². The van der Waals surface area contributed by atoms with E-state index in [9.17, 15) is 18.4 Å². The van der Waals surface area contributed by atoms with Crippen molar-refractivity contribution in [1.29, 1.82) is 0 Å². The molecule has 4 nitrogen and oxygen atoms in total. The normalized spacial score (nSPS) is 13.8. The van der Waals surface area contributed by atoms with Crippen LogP contribution in [0.2, 0.25) is 0 Å². The topological polar surface area (TPSA) is 46.6 Å². The lowest BCUT2D eigenvalue weighted by molar-refractivity contribution is -0.119. The van der Waals surface area contributed by atoms with Crippen LogP contribution in [0.4, 0.5) is 14.5 Å². The fraction of sp³-hybridized carbons (Fsp3) is 0.120. The lowest BCUT2D eigenvalue weighted by Crippen LogP contribution is -2.32. The van der Waals surface area contributed by atoms with Gasteiger partial charge in [0.1, 0.15) is 17.4 Å². The van der Waals surface area contributed by atoms with Crippen molar-refractivity contribution in [3.05, 3.63) is 94.9 Å². The minimum Gasteiger partial charge on any atom is -0.494 e. The Kier molecular flexibility index (Phi) is 6.37. The number of benzene rings is 3. The highest BCUT2D eigenvalue weighted by Gasteiger charge is 2.41. The van der Waals surface area contributed by atoms with E-state index in [2.05, 4.69) is 0 Å². The van der Waals surface area contributed by atoms with Gasteiger partial charge in [-0.2, -0.15) is 0 Å². The second kappa shape index (κ2) is 9.36. The predicted molar refractivity (Wildman–Crippen MR) is 120 cm³/mol. The molecule has 1 aliphatic heterocycles. The molecule has 3 aromatic carbocycles. The third-order valence-electron chi connectivity index (χ3n) is 4.77. The molecule has 1 aliphatic rings. The van der Waals surface area contributed by atoms with Crippen molar-refractivity contribution in [3.8, 4) is 5.75 Å². The van der Waals surface area contributed by atoms with Crippen LogP contribution in [0, 0.1) is 11.6 Å². The minimum absolute atomic E-state index is 0.134. The zero-order chi connectivity index (χ0) is 22.7. The molecule has 0 aliphatic carbocycles. The van der Waals surface area contributed by atoms with Crippen LogP contribution in [-0.2, 0) is 9.59 Å². The summed E-state index contributed by atoms with van der Waals surface area (Å²) < 4.78 is 33.9. The summed E-state index contributed by atoms with van der Waals surface area (Å²) in [6.07, 6.45) is 0.853. The Bertz CT molecular complexity index is 1190. The van der Waals surface area contributed by atoms with Crippen molar-refractivity contribution < 1.29 is 23.1 Å². The molecule has 0 aromatic heterocycles. The van der Waals surface area contributed by atoms with E-state index >= 15 is 0 Å². The highest BCUT2D eigenvalue weighted by atomic mass is 32.2. The van der Waals surface area contributed by atoms with Gasteiger partial charge in [-0.1, -0.05) is 49.0 Å². The van der Waals surface area contributed by atoms with Gasteiger partial charge in [0, 0.05) is 11.0 Å². The molecule has 0 radical (unpaired) electrons. The maximum absolute atomic E-state index is 14.5. The zero-order valence-corrected chi connectivity index (χ0v) is 18.0. The molecule has 1 heterocycles. The number of imide groups is 1. The van der Waals surface area contributed by atoms with Crippen molar-refractivity contribution in [1.82, 2.24) is 0 Å². The fourth-order valence-corrected chi connectivity index (χ4v) is 4.29. The van der Waals surface area contributed by atoms with Crippen LogP contribution < -0.4 is 9.64 Å². The van der Waals surface area contributed by atoms with E-state index in [0.717, 1.165) is 41.3 Å². The summed E-state index contributed by atoms with van der Waals surface area (Å²) in [7, 11) is 0. The molecule has 0 fully saturated rings. The Hall–Kier alpha value is -3.45. The number of hydrogen-bond acceptors (Lipinski definition) is 4. The third kappa shape index (κ3) is 4.29. The number of rotatable bonds is 7. The molecule has 0 saturated carbocycles. The molecule has 32 heavy (non-hydrogen) atoms. The third-order valence-corrected chi connectivity index (χ3v) is 5.86. The number of ether oxygens (including phenoxy) is 1. The van der Waals surface area contributed by atoms with Crippen LogP contribution in [-0.4, -0.2) is 18.4 Å². The van der Waals surface area contributed by atoms with Gasteiger partial charge in [-0.3, -0.25) is 9.59 Å². The molecule has 0 spiro atoms. The molecule has 0 N–H and O–H groups in total. The van der Waals surface area contributed by atoms with Crippen LogP contribution in [0.15, 0.2) is 82.6 Å². The lowest BCUT2D eigenvalue weighted by atomic mass is 10.1. The molecule has 0 atom stereocenters. The monoisotopic (exact) mass is 451 g/mol. The van der Waals surface area contributed by atoms with Gasteiger partial charge in [-0.15, -0.1) is 0 Å². The summed E-state index contributed by atoms with van der Waals surface area (Å²) in [5, 5.41) is 0. The Morgan fingerprint density at radius 1 is 0.906 bits per heavy atom. The van der Waals surface area contributed by atoms with Crippen LogP contribution in [0.3, 0.4) is 0 Å². The van der Waals surface area contributed by atoms with E-state index in [1.807, 2.05) is 25.1 Å².